The third-order valence-electron chi connectivity index (χ3n) is 3.17. The van der Waals surface area contributed by atoms with Crippen molar-refractivity contribution in [3.05, 3.63) is 54.1 Å². The molecule has 0 aliphatic carbocycles. The van der Waals surface area contributed by atoms with E-state index in [9.17, 15) is 13.2 Å². The number of carbonyl (C=O) groups excluding carboxylic acids is 1. The van der Waals surface area contributed by atoms with Gasteiger partial charge >= 0.3 is 0 Å². The first kappa shape index (κ1) is 18.0. The molecule has 6 nitrogen and oxygen atoms in total. The van der Waals surface area contributed by atoms with Gasteiger partial charge in [-0.05, 0) is 43.3 Å². The summed E-state index contributed by atoms with van der Waals surface area (Å²) in [6.45, 7) is 3.76. The number of benzene rings is 2. The van der Waals surface area contributed by atoms with Crippen LogP contribution in [0.5, 0.6) is 5.75 Å². The monoisotopic (exact) mass is 348 g/mol. The Morgan fingerprint density at radius 2 is 1.67 bits per heavy atom. The van der Waals surface area contributed by atoms with Crippen LogP contribution in [-0.4, -0.2) is 27.5 Å². The van der Waals surface area contributed by atoms with Gasteiger partial charge in [-0.3, -0.25) is 4.79 Å². The van der Waals surface area contributed by atoms with Gasteiger partial charge in [-0.25, -0.2) is 13.1 Å². The number of hydrogen-bond acceptors (Lipinski definition) is 4. The Kier molecular flexibility index (Phi) is 5.94. The molecule has 2 N–H and O–H groups in total. The van der Waals surface area contributed by atoms with Gasteiger partial charge in [-0.15, -0.1) is 0 Å². The minimum absolute atomic E-state index is 0.131. The molecular weight excluding hydrogens is 328 g/mol. The van der Waals surface area contributed by atoms with Gasteiger partial charge in [0.1, 0.15) is 12.4 Å². The summed E-state index contributed by atoms with van der Waals surface area (Å²) in [7, 11) is -3.61. The molecule has 2 aromatic carbocycles. The molecule has 0 saturated heterocycles. The van der Waals surface area contributed by atoms with E-state index in [0.717, 1.165) is 5.56 Å². The van der Waals surface area contributed by atoms with E-state index < -0.39 is 10.0 Å². The Morgan fingerprint density at radius 1 is 1.04 bits per heavy atom. The Bertz CT molecular complexity index is 784. The fourth-order valence-electron chi connectivity index (χ4n) is 1.98. The molecule has 1 amide bonds. The van der Waals surface area contributed by atoms with Gasteiger partial charge in [0.25, 0.3) is 0 Å². The molecule has 0 spiro atoms. The van der Waals surface area contributed by atoms with Crippen molar-refractivity contribution in [3.63, 3.8) is 0 Å². The Hall–Kier alpha value is -2.38. The average Bonchev–Trinajstić information content (AvgIpc) is 2.53. The molecule has 0 aromatic heterocycles. The molecule has 0 radical (unpaired) electrons. The van der Waals surface area contributed by atoms with Crippen LogP contribution in [-0.2, 0) is 14.8 Å². The molecular formula is C17H20N2O4S. The third-order valence-corrected chi connectivity index (χ3v) is 4.65. The second-order valence-corrected chi connectivity index (χ2v) is 7.03. The van der Waals surface area contributed by atoms with Crippen LogP contribution in [0.15, 0.2) is 53.4 Å². The topological polar surface area (TPSA) is 84.5 Å². The lowest BCUT2D eigenvalue weighted by Gasteiger charge is -2.09. The summed E-state index contributed by atoms with van der Waals surface area (Å²) in [5.74, 6) is 0.483. The minimum Gasteiger partial charge on any atom is -0.492 e. The van der Waals surface area contributed by atoms with Crippen molar-refractivity contribution < 1.29 is 17.9 Å². The van der Waals surface area contributed by atoms with Crippen molar-refractivity contribution in [1.29, 1.82) is 0 Å². The first-order chi connectivity index (χ1) is 11.4. The molecule has 128 valence electrons. The zero-order chi connectivity index (χ0) is 17.6. The molecule has 0 fully saturated rings. The summed E-state index contributed by atoms with van der Waals surface area (Å²) >= 11 is 0. The van der Waals surface area contributed by atoms with Crippen molar-refractivity contribution in [2.45, 2.75) is 18.7 Å². The maximum atomic E-state index is 12.2. The summed E-state index contributed by atoms with van der Waals surface area (Å²) in [5.41, 5.74) is 1.68. The number of hydrogen-bond donors (Lipinski definition) is 2. The van der Waals surface area contributed by atoms with Crippen LogP contribution in [0.2, 0.25) is 0 Å². The first-order valence-electron chi connectivity index (χ1n) is 7.43. The van der Waals surface area contributed by atoms with Gasteiger partial charge in [-0.2, -0.15) is 0 Å². The van der Waals surface area contributed by atoms with Gasteiger partial charge < -0.3 is 10.1 Å². The van der Waals surface area contributed by atoms with Crippen molar-refractivity contribution >= 4 is 21.6 Å². The van der Waals surface area contributed by atoms with E-state index in [2.05, 4.69) is 10.0 Å². The molecule has 2 rings (SSSR count). The van der Waals surface area contributed by atoms with Crippen LogP contribution in [0, 0.1) is 6.92 Å². The Labute approximate surface area is 141 Å². The number of aryl methyl sites for hydroxylation is 1. The van der Waals surface area contributed by atoms with E-state index >= 15 is 0 Å². The van der Waals surface area contributed by atoms with Crippen molar-refractivity contribution in [3.8, 4) is 5.75 Å². The highest BCUT2D eigenvalue weighted by Crippen LogP contribution is 2.14. The second kappa shape index (κ2) is 7.94. The quantitative estimate of drug-likeness (QED) is 0.752. The number of amides is 1. The zero-order valence-electron chi connectivity index (χ0n) is 13.6. The van der Waals surface area contributed by atoms with Crippen molar-refractivity contribution in [2.75, 3.05) is 18.5 Å². The minimum atomic E-state index is -3.61. The molecule has 0 aliphatic heterocycles. The average molecular weight is 348 g/mol. The first-order valence-corrected chi connectivity index (χ1v) is 8.92. The van der Waals surface area contributed by atoms with Crippen LogP contribution in [0.1, 0.15) is 12.5 Å². The summed E-state index contributed by atoms with van der Waals surface area (Å²) in [6.07, 6.45) is 0. The standard InChI is InChI=1S/C17H20N2O4S/c1-13-3-7-16(8-4-13)23-12-11-18-24(21,22)17-9-5-15(6-10-17)19-14(2)20/h3-10,18H,11-12H2,1-2H3,(H,19,20). The third kappa shape index (κ3) is 5.36. The number of carbonyl (C=O) groups is 1. The Morgan fingerprint density at radius 3 is 2.25 bits per heavy atom. The normalized spacial score (nSPS) is 11.1. The van der Waals surface area contributed by atoms with Crippen LogP contribution in [0.4, 0.5) is 5.69 Å². The van der Waals surface area contributed by atoms with Gasteiger partial charge in [-0.1, -0.05) is 17.7 Å². The highest BCUT2D eigenvalue weighted by molar-refractivity contribution is 7.89. The molecule has 0 bridgehead atoms. The van der Waals surface area contributed by atoms with Crippen molar-refractivity contribution in [1.82, 2.24) is 4.72 Å². The smallest absolute Gasteiger partial charge is 0.240 e. The predicted molar refractivity (Wildman–Crippen MR) is 92.6 cm³/mol. The largest absolute Gasteiger partial charge is 0.492 e. The molecule has 0 aliphatic rings. The van der Waals surface area contributed by atoms with Crippen LogP contribution in [0.25, 0.3) is 0 Å². The number of rotatable bonds is 7. The molecule has 0 heterocycles. The number of ether oxygens (including phenoxy) is 1. The lowest BCUT2D eigenvalue weighted by molar-refractivity contribution is -0.114. The van der Waals surface area contributed by atoms with Crippen molar-refractivity contribution in [2.24, 2.45) is 0 Å². The summed E-state index contributed by atoms with van der Waals surface area (Å²) < 4.78 is 32.3. The SMILES string of the molecule is CC(=O)Nc1ccc(S(=O)(=O)NCCOc2ccc(C)cc2)cc1. The summed E-state index contributed by atoms with van der Waals surface area (Å²) in [6, 6.07) is 13.5. The van der Waals surface area contributed by atoms with Gasteiger partial charge in [0.15, 0.2) is 0 Å². The summed E-state index contributed by atoms with van der Waals surface area (Å²) in [5, 5.41) is 2.58. The highest BCUT2D eigenvalue weighted by atomic mass is 32.2. The number of nitrogens with one attached hydrogen (secondary N) is 2. The summed E-state index contributed by atoms with van der Waals surface area (Å²) in [4.78, 5) is 11.1. The van der Waals surface area contributed by atoms with Crippen LogP contribution < -0.4 is 14.8 Å². The zero-order valence-corrected chi connectivity index (χ0v) is 14.4. The molecule has 24 heavy (non-hydrogen) atoms. The van der Waals surface area contributed by atoms with E-state index in [4.69, 9.17) is 4.74 Å². The van der Waals surface area contributed by atoms with E-state index in [-0.39, 0.29) is 24.0 Å². The molecule has 7 heteroatoms. The molecule has 2 aromatic rings. The second-order valence-electron chi connectivity index (χ2n) is 5.26. The van der Waals surface area contributed by atoms with E-state index in [0.29, 0.717) is 11.4 Å². The highest BCUT2D eigenvalue weighted by Gasteiger charge is 2.13. The number of anilines is 1. The lowest BCUT2D eigenvalue weighted by atomic mass is 10.2. The van der Waals surface area contributed by atoms with Gasteiger partial charge in [0, 0.05) is 19.2 Å². The Balaban J connectivity index is 1.86. The van der Waals surface area contributed by atoms with Crippen LogP contribution >= 0.6 is 0 Å². The fraction of sp³-hybridized carbons (Fsp3) is 0.235. The molecule has 0 unspecified atom stereocenters. The van der Waals surface area contributed by atoms with Crippen LogP contribution in [0.3, 0.4) is 0 Å². The lowest BCUT2D eigenvalue weighted by Crippen LogP contribution is -2.28. The molecule has 0 saturated carbocycles. The maximum absolute atomic E-state index is 12.2. The number of sulfonamides is 1. The van der Waals surface area contributed by atoms with E-state index in [1.165, 1.54) is 19.1 Å². The van der Waals surface area contributed by atoms with Gasteiger partial charge in [0.05, 0.1) is 4.90 Å². The van der Waals surface area contributed by atoms with E-state index in [1.807, 2.05) is 31.2 Å². The van der Waals surface area contributed by atoms with Gasteiger partial charge in [0.2, 0.25) is 15.9 Å². The van der Waals surface area contributed by atoms with E-state index in [1.54, 1.807) is 12.1 Å². The fourth-order valence-corrected chi connectivity index (χ4v) is 3.00. The maximum Gasteiger partial charge on any atom is 0.240 e. The molecule has 0 atom stereocenters. The predicted octanol–water partition coefficient (Wildman–Crippen LogP) is 2.31.